The van der Waals surface area contributed by atoms with Crippen LogP contribution in [0.15, 0.2) is 60.9 Å². The van der Waals surface area contributed by atoms with E-state index in [1.807, 2.05) is 13.0 Å². The van der Waals surface area contributed by atoms with E-state index in [1.54, 1.807) is 69.1 Å². The molecule has 0 aliphatic heterocycles. The van der Waals surface area contributed by atoms with Crippen molar-refractivity contribution in [1.82, 2.24) is 9.97 Å². The normalized spacial score (nSPS) is 10.5. The first-order chi connectivity index (χ1) is 16.0. The van der Waals surface area contributed by atoms with Gasteiger partial charge in [-0.15, -0.1) is 0 Å². The van der Waals surface area contributed by atoms with Crippen LogP contribution in [-0.2, 0) is 0 Å². The van der Waals surface area contributed by atoms with E-state index in [-0.39, 0.29) is 0 Å². The molecule has 2 aromatic carbocycles. The average Bonchev–Trinajstić information content (AvgIpc) is 2.81. The highest BCUT2D eigenvalue weighted by molar-refractivity contribution is 6.34. The largest absolute Gasteiger partial charge is 0.493 e. The molecule has 4 rings (SSSR count). The van der Waals surface area contributed by atoms with Gasteiger partial charge >= 0.3 is 6.03 Å². The minimum Gasteiger partial charge on any atom is -0.493 e. The van der Waals surface area contributed by atoms with Gasteiger partial charge in [-0.2, -0.15) is 0 Å². The van der Waals surface area contributed by atoms with E-state index in [1.165, 1.54) is 0 Å². The second kappa shape index (κ2) is 9.62. The summed E-state index contributed by atoms with van der Waals surface area (Å²) in [4.78, 5) is 20.8. The molecule has 0 unspecified atom stereocenters. The number of pyridine rings is 2. The van der Waals surface area contributed by atoms with Crippen LogP contribution in [0.25, 0.3) is 10.9 Å². The van der Waals surface area contributed by atoms with E-state index in [2.05, 4.69) is 20.6 Å². The number of halogens is 1. The van der Waals surface area contributed by atoms with Gasteiger partial charge in [-0.1, -0.05) is 17.7 Å². The molecule has 0 aliphatic carbocycles. The fourth-order valence-electron chi connectivity index (χ4n) is 3.14. The van der Waals surface area contributed by atoms with Gasteiger partial charge < -0.3 is 19.5 Å². The maximum atomic E-state index is 12.3. The fourth-order valence-corrected chi connectivity index (χ4v) is 3.35. The van der Waals surface area contributed by atoms with Gasteiger partial charge in [-0.05, 0) is 42.8 Å². The van der Waals surface area contributed by atoms with Crippen molar-refractivity contribution in [2.24, 2.45) is 0 Å². The van der Waals surface area contributed by atoms with E-state index >= 15 is 0 Å². The second-order valence-corrected chi connectivity index (χ2v) is 7.48. The number of nitrogens with one attached hydrogen (secondary N) is 2. The van der Waals surface area contributed by atoms with Gasteiger partial charge in [0, 0.05) is 29.9 Å². The summed E-state index contributed by atoms with van der Waals surface area (Å²) in [5, 5.41) is 6.43. The van der Waals surface area contributed by atoms with Crippen molar-refractivity contribution in [3.8, 4) is 23.0 Å². The number of ether oxygens (including phenoxy) is 3. The number of hydrogen-bond acceptors (Lipinski definition) is 6. The van der Waals surface area contributed by atoms with Crippen LogP contribution in [0.1, 0.15) is 5.56 Å². The molecule has 2 amide bonds. The van der Waals surface area contributed by atoms with Crippen LogP contribution in [0.3, 0.4) is 0 Å². The third kappa shape index (κ3) is 5.07. The number of aromatic nitrogens is 2. The molecule has 0 aliphatic rings. The Morgan fingerprint density at radius 3 is 2.39 bits per heavy atom. The third-order valence-electron chi connectivity index (χ3n) is 4.78. The minimum atomic E-state index is -0.455. The lowest BCUT2D eigenvalue weighted by atomic mass is 10.2. The Balaban J connectivity index is 1.52. The molecule has 33 heavy (non-hydrogen) atoms. The summed E-state index contributed by atoms with van der Waals surface area (Å²) in [7, 11) is 3.14. The number of benzene rings is 2. The summed E-state index contributed by atoms with van der Waals surface area (Å²) < 4.78 is 16.8. The summed E-state index contributed by atoms with van der Waals surface area (Å²) in [5.74, 6) is 2.64. The number of methoxy groups -OCH3 is 2. The molecule has 2 N–H and O–H groups in total. The zero-order valence-corrected chi connectivity index (χ0v) is 18.9. The molecule has 0 spiro atoms. The van der Waals surface area contributed by atoms with Gasteiger partial charge in [-0.3, -0.25) is 10.3 Å². The Bertz CT molecular complexity index is 1310. The van der Waals surface area contributed by atoms with Crippen molar-refractivity contribution in [3.05, 3.63) is 71.5 Å². The smallest absolute Gasteiger partial charge is 0.324 e. The van der Waals surface area contributed by atoms with Crippen LogP contribution >= 0.6 is 11.6 Å². The number of fused-ring (bicyclic) bond motifs is 1. The number of carbonyl (C=O) groups is 1. The van der Waals surface area contributed by atoms with Crippen LogP contribution in [0.4, 0.5) is 16.3 Å². The number of hydrogen-bond donors (Lipinski definition) is 2. The number of anilines is 2. The Morgan fingerprint density at radius 1 is 0.909 bits per heavy atom. The number of nitrogens with zero attached hydrogens (tertiary/aromatic N) is 2. The van der Waals surface area contributed by atoms with Gasteiger partial charge in [0.25, 0.3) is 0 Å². The van der Waals surface area contributed by atoms with Crippen molar-refractivity contribution in [3.63, 3.8) is 0 Å². The monoisotopic (exact) mass is 464 g/mol. The molecule has 168 valence electrons. The maximum absolute atomic E-state index is 12.3. The SMILES string of the molecule is COc1cc2nccc(Oc3ccc(NC(=O)Nc4ccc(C)cn4)c(Cl)c3)c2cc1OC. The highest BCUT2D eigenvalue weighted by Gasteiger charge is 2.13. The molecule has 0 bridgehead atoms. The van der Waals surface area contributed by atoms with Crippen LogP contribution in [0.5, 0.6) is 23.0 Å². The van der Waals surface area contributed by atoms with Gasteiger partial charge in [0.2, 0.25) is 0 Å². The quantitative estimate of drug-likeness (QED) is 0.361. The number of aryl methyl sites for hydroxylation is 1. The molecule has 0 saturated carbocycles. The van der Waals surface area contributed by atoms with Crippen LogP contribution in [0.2, 0.25) is 5.02 Å². The van der Waals surface area contributed by atoms with Crippen LogP contribution < -0.4 is 24.8 Å². The Hall–Kier alpha value is -4.04. The number of carbonyl (C=O) groups excluding carboxylic acids is 1. The molecule has 0 radical (unpaired) electrons. The second-order valence-electron chi connectivity index (χ2n) is 7.08. The van der Waals surface area contributed by atoms with Crippen molar-refractivity contribution < 1.29 is 19.0 Å². The van der Waals surface area contributed by atoms with Gasteiger partial charge in [0.05, 0.1) is 30.4 Å². The summed E-state index contributed by atoms with van der Waals surface area (Å²) in [6.45, 7) is 1.92. The Kier molecular flexibility index (Phi) is 6.46. The lowest BCUT2D eigenvalue weighted by Crippen LogP contribution is -2.20. The average molecular weight is 465 g/mol. The molecule has 8 nitrogen and oxygen atoms in total. The Morgan fingerprint density at radius 2 is 1.70 bits per heavy atom. The predicted molar refractivity (Wildman–Crippen MR) is 128 cm³/mol. The molecular formula is C24H21ClN4O4. The van der Waals surface area contributed by atoms with Gasteiger partial charge in [0.15, 0.2) is 11.5 Å². The number of urea groups is 1. The standard InChI is InChI=1S/C24H21ClN4O4/c1-14-4-7-23(27-13-14)29-24(30)28-18-6-5-15(10-17(18)25)33-20-8-9-26-19-12-22(32-3)21(31-2)11-16(19)20/h4-13H,1-3H3,(H2,27,28,29,30). The molecule has 0 atom stereocenters. The van der Waals surface area contributed by atoms with Crippen LogP contribution in [0, 0.1) is 6.92 Å². The molecule has 0 saturated heterocycles. The number of amides is 2. The maximum Gasteiger partial charge on any atom is 0.324 e. The topological polar surface area (TPSA) is 94.6 Å². The highest BCUT2D eigenvalue weighted by atomic mass is 35.5. The van der Waals surface area contributed by atoms with Crippen molar-refractivity contribution in [1.29, 1.82) is 0 Å². The first-order valence-electron chi connectivity index (χ1n) is 9.95. The molecule has 0 fully saturated rings. The lowest BCUT2D eigenvalue weighted by molar-refractivity contribution is 0.262. The summed E-state index contributed by atoms with van der Waals surface area (Å²) in [5.41, 5.74) is 2.12. The summed E-state index contributed by atoms with van der Waals surface area (Å²) in [6.07, 6.45) is 3.31. The van der Waals surface area contributed by atoms with E-state index < -0.39 is 6.03 Å². The lowest BCUT2D eigenvalue weighted by Gasteiger charge is -2.13. The van der Waals surface area contributed by atoms with Crippen LogP contribution in [-0.4, -0.2) is 30.2 Å². The summed E-state index contributed by atoms with van der Waals surface area (Å²) in [6, 6.07) is 13.4. The molecule has 9 heteroatoms. The fraction of sp³-hybridized carbons (Fsp3) is 0.125. The number of rotatable bonds is 6. The van der Waals surface area contributed by atoms with Gasteiger partial charge in [-0.25, -0.2) is 9.78 Å². The van der Waals surface area contributed by atoms with Gasteiger partial charge in [0.1, 0.15) is 17.3 Å². The van der Waals surface area contributed by atoms with Crippen molar-refractivity contribution in [2.75, 3.05) is 24.9 Å². The van der Waals surface area contributed by atoms with Crippen molar-refractivity contribution >= 4 is 40.0 Å². The summed E-state index contributed by atoms with van der Waals surface area (Å²) >= 11 is 6.38. The first-order valence-corrected chi connectivity index (χ1v) is 10.3. The molecule has 4 aromatic rings. The first kappa shape index (κ1) is 22.2. The predicted octanol–water partition coefficient (Wildman–Crippen LogP) is 6.05. The highest BCUT2D eigenvalue weighted by Crippen LogP contribution is 2.37. The third-order valence-corrected chi connectivity index (χ3v) is 5.09. The van der Waals surface area contributed by atoms with E-state index in [9.17, 15) is 4.79 Å². The molecular weight excluding hydrogens is 444 g/mol. The molecule has 2 heterocycles. The van der Waals surface area contributed by atoms with Crippen molar-refractivity contribution in [2.45, 2.75) is 6.92 Å². The molecule has 2 aromatic heterocycles. The zero-order valence-electron chi connectivity index (χ0n) is 18.2. The Labute approximate surface area is 195 Å². The minimum absolute atomic E-state index is 0.317. The van der Waals surface area contributed by atoms with E-state index in [0.717, 1.165) is 10.9 Å². The van der Waals surface area contributed by atoms with E-state index in [0.29, 0.717) is 45.0 Å². The zero-order chi connectivity index (χ0) is 23.4. The van der Waals surface area contributed by atoms with E-state index in [4.69, 9.17) is 25.8 Å².